The van der Waals surface area contributed by atoms with E-state index in [1.165, 1.54) is 12.1 Å². The lowest BCUT2D eigenvalue weighted by Gasteiger charge is -2.00. The average molecular weight is 271 g/mol. The number of benzene rings is 1. The quantitative estimate of drug-likeness (QED) is 0.765. The van der Waals surface area contributed by atoms with E-state index in [-0.39, 0.29) is 10.6 Å². The number of rotatable bonds is 1. The Kier molecular flexibility index (Phi) is 4.62. The molecule has 2 aromatic rings. The highest BCUT2D eigenvalue weighted by Crippen LogP contribution is 2.14. The van der Waals surface area contributed by atoms with Crippen molar-refractivity contribution in [3.05, 3.63) is 40.8 Å². The maximum absolute atomic E-state index is 10.8. The van der Waals surface area contributed by atoms with Gasteiger partial charge in [0.1, 0.15) is 4.90 Å². The number of primary sulfonamides is 1. The highest BCUT2D eigenvalue weighted by atomic mass is 32.2. The number of anilines is 1. The van der Waals surface area contributed by atoms with Gasteiger partial charge in [0.2, 0.25) is 10.0 Å². The predicted octanol–water partition coefficient (Wildman–Crippen LogP) is 1.37. The van der Waals surface area contributed by atoms with Crippen LogP contribution in [0.15, 0.2) is 40.1 Å². The zero-order valence-electron chi connectivity index (χ0n) is 9.20. The first-order valence-electron chi connectivity index (χ1n) is 4.63. The zero-order chi connectivity index (χ0) is 12.9. The molecule has 92 valence electrons. The summed E-state index contributed by atoms with van der Waals surface area (Å²) in [6, 6.07) is 6.06. The van der Waals surface area contributed by atoms with E-state index < -0.39 is 10.0 Å². The number of aromatic nitrogens is 1. The SMILES string of the molecule is Cc1cscn1.Nc1ccccc1S(N)(=O)=O. The third-order valence-corrected chi connectivity index (χ3v) is 3.47. The molecule has 5 nitrogen and oxygen atoms in total. The molecule has 0 saturated heterocycles. The third kappa shape index (κ3) is 4.51. The van der Waals surface area contributed by atoms with Crippen LogP contribution in [0.1, 0.15) is 5.69 Å². The van der Waals surface area contributed by atoms with Gasteiger partial charge in [0.15, 0.2) is 0 Å². The van der Waals surface area contributed by atoms with Crippen LogP contribution in [-0.4, -0.2) is 13.4 Å². The molecular weight excluding hydrogens is 258 g/mol. The van der Waals surface area contributed by atoms with Crippen LogP contribution in [0, 0.1) is 6.92 Å². The number of nitrogens with two attached hydrogens (primary N) is 2. The highest BCUT2D eigenvalue weighted by Gasteiger charge is 2.09. The van der Waals surface area contributed by atoms with Crippen LogP contribution in [0.3, 0.4) is 0 Å². The van der Waals surface area contributed by atoms with Crippen LogP contribution in [0.2, 0.25) is 0 Å². The lowest BCUT2D eigenvalue weighted by atomic mass is 10.3. The van der Waals surface area contributed by atoms with Gasteiger partial charge < -0.3 is 5.73 Å². The van der Waals surface area contributed by atoms with Crippen molar-refractivity contribution < 1.29 is 8.42 Å². The summed E-state index contributed by atoms with van der Waals surface area (Å²) in [5.41, 5.74) is 8.46. The minimum Gasteiger partial charge on any atom is -0.398 e. The van der Waals surface area contributed by atoms with E-state index in [0.717, 1.165) is 5.69 Å². The molecule has 0 bridgehead atoms. The summed E-state index contributed by atoms with van der Waals surface area (Å²) in [6.45, 7) is 1.98. The second-order valence-corrected chi connectivity index (χ2v) is 5.46. The van der Waals surface area contributed by atoms with Gasteiger partial charge >= 0.3 is 0 Å². The number of para-hydroxylation sites is 1. The summed E-state index contributed by atoms with van der Waals surface area (Å²) < 4.78 is 21.5. The molecule has 7 heteroatoms. The number of nitrogen functional groups attached to an aromatic ring is 1. The molecule has 0 atom stereocenters. The van der Waals surface area contributed by atoms with Crippen molar-refractivity contribution >= 4 is 27.0 Å². The van der Waals surface area contributed by atoms with Gasteiger partial charge in [0, 0.05) is 11.1 Å². The minimum absolute atomic E-state index is 0.0278. The molecule has 0 amide bonds. The molecule has 0 spiro atoms. The van der Waals surface area contributed by atoms with E-state index in [1.807, 2.05) is 17.8 Å². The zero-order valence-corrected chi connectivity index (χ0v) is 10.8. The van der Waals surface area contributed by atoms with Gasteiger partial charge in [-0.3, -0.25) is 4.98 Å². The molecule has 1 heterocycles. The van der Waals surface area contributed by atoms with E-state index in [9.17, 15) is 8.42 Å². The molecule has 1 aromatic carbocycles. The molecule has 0 saturated carbocycles. The molecule has 1 aromatic heterocycles. The van der Waals surface area contributed by atoms with Crippen LogP contribution in [0.25, 0.3) is 0 Å². The van der Waals surface area contributed by atoms with Gasteiger partial charge in [0.05, 0.1) is 11.2 Å². The number of hydrogen-bond acceptors (Lipinski definition) is 5. The number of hydrogen-bond donors (Lipinski definition) is 2. The first kappa shape index (κ1) is 13.6. The second-order valence-electron chi connectivity index (χ2n) is 3.21. The van der Waals surface area contributed by atoms with Crippen LogP contribution < -0.4 is 10.9 Å². The van der Waals surface area contributed by atoms with Gasteiger partial charge in [-0.1, -0.05) is 12.1 Å². The summed E-state index contributed by atoms with van der Waals surface area (Å²) in [7, 11) is -3.66. The normalized spacial score (nSPS) is 10.5. The van der Waals surface area contributed by atoms with Gasteiger partial charge in [-0.15, -0.1) is 11.3 Å². The van der Waals surface area contributed by atoms with Crippen LogP contribution in [0.4, 0.5) is 5.69 Å². The smallest absolute Gasteiger partial charge is 0.240 e. The van der Waals surface area contributed by atoms with Gasteiger partial charge in [-0.2, -0.15) is 0 Å². The highest BCUT2D eigenvalue weighted by molar-refractivity contribution is 7.89. The summed E-state index contributed by atoms with van der Waals surface area (Å²) >= 11 is 1.63. The van der Waals surface area contributed by atoms with Crippen molar-refractivity contribution in [2.75, 3.05) is 5.73 Å². The first-order valence-corrected chi connectivity index (χ1v) is 7.12. The Bertz CT molecular complexity index is 565. The molecular formula is C10H13N3O2S2. The summed E-state index contributed by atoms with van der Waals surface area (Å²) in [5, 5.41) is 6.86. The van der Waals surface area contributed by atoms with Crippen LogP contribution in [-0.2, 0) is 10.0 Å². The largest absolute Gasteiger partial charge is 0.398 e. The first-order chi connectivity index (χ1) is 7.91. The number of nitrogens with zero attached hydrogens (tertiary/aromatic N) is 1. The average Bonchev–Trinajstić information content (AvgIpc) is 2.69. The predicted molar refractivity (Wildman–Crippen MR) is 69.1 cm³/mol. The Morgan fingerprint density at radius 1 is 1.29 bits per heavy atom. The maximum Gasteiger partial charge on any atom is 0.240 e. The minimum atomic E-state index is -3.66. The van der Waals surface area contributed by atoms with Gasteiger partial charge in [-0.05, 0) is 19.1 Å². The summed E-state index contributed by atoms with van der Waals surface area (Å²) in [4.78, 5) is 3.91. The Hall–Kier alpha value is -1.44. The molecule has 0 aliphatic heterocycles. The molecule has 0 radical (unpaired) electrons. The number of sulfonamides is 1. The maximum atomic E-state index is 10.8. The molecule has 0 unspecified atom stereocenters. The topological polar surface area (TPSA) is 99.1 Å². The fourth-order valence-corrected chi connectivity index (χ4v) is 2.22. The standard InChI is InChI=1S/C6H8N2O2S.C4H5NS/c7-5-3-1-2-4-6(5)11(8,9)10;1-4-2-6-3-5-4/h1-4H,7H2,(H2,8,9,10);2-3H,1H3. The Labute approximate surface area is 104 Å². The fourth-order valence-electron chi connectivity index (χ4n) is 1.01. The lowest BCUT2D eigenvalue weighted by Crippen LogP contribution is -2.13. The van der Waals surface area contributed by atoms with E-state index in [1.54, 1.807) is 23.5 Å². The summed E-state index contributed by atoms with van der Waals surface area (Å²) in [5.74, 6) is 0. The number of thiazole rings is 1. The van der Waals surface area contributed by atoms with Gasteiger partial charge in [0.25, 0.3) is 0 Å². The number of aryl methyl sites for hydroxylation is 1. The van der Waals surface area contributed by atoms with Crippen molar-refractivity contribution in [1.82, 2.24) is 4.98 Å². The Balaban J connectivity index is 0.000000202. The molecule has 0 aliphatic carbocycles. The van der Waals surface area contributed by atoms with Crippen LogP contribution >= 0.6 is 11.3 Å². The second kappa shape index (κ2) is 5.76. The third-order valence-electron chi connectivity index (χ3n) is 1.78. The van der Waals surface area contributed by atoms with E-state index >= 15 is 0 Å². The van der Waals surface area contributed by atoms with Crippen molar-refractivity contribution in [2.45, 2.75) is 11.8 Å². The van der Waals surface area contributed by atoms with E-state index in [4.69, 9.17) is 10.9 Å². The van der Waals surface area contributed by atoms with E-state index in [2.05, 4.69) is 4.98 Å². The summed E-state index contributed by atoms with van der Waals surface area (Å²) in [6.07, 6.45) is 0. The van der Waals surface area contributed by atoms with Crippen molar-refractivity contribution in [3.8, 4) is 0 Å². The molecule has 0 fully saturated rings. The van der Waals surface area contributed by atoms with Crippen molar-refractivity contribution in [3.63, 3.8) is 0 Å². The Morgan fingerprint density at radius 2 is 1.94 bits per heavy atom. The van der Waals surface area contributed by atoms with Crippen molar-refractivity contribution in [1.29, 1.82) is 0 Å². The molecule has 2 rings (SSSR count). The molecule has 17 heavy (non-hydrogen) atoms. The van der Waals surface area contributed by atoms with E-state index in [0.29, 0.717) is 0 Å². The Morgan fingerprint density at radius 3 is 2.24 bits per heavy atom. The van der Waals surface area contributed by atoms with Crippen molar-refractivity contribution in [2.24, 2.45) is 5.14 Å². The lowest BCUT2D eigenvalue weighted by molar-refractivity contribution is 0.598. The fraction of sp³-hybridized carbons (Fsp3) is 0.100. The molecule has 4 N–H and O–H groups in total. The molecule has 0 aliphatic rings. The van der Waals surface area contributed by atoms with Gasteiger partial charge in [-0.25, -0.2) is 13.6 Å². The monoisotopic (exact) mass is 271 g/mol. The van der Waals surface area contributed by atoms with Crippen LogP contribution in [0.5, 0.6) is 0 Å².